The molecule has 1 aromatic rings. The van der Waals surface area contributed by atoms with Gasteiger partial charge in [-0.1, -0.05) is 17.7 Å². The van der Waals surface area contributed by atoms with Crippen molar-refractivity contribution in [1.82, 2.24) is 4.90 Å². The Labute approximate surface area is 137 Å². The summed E-state index contributed by atoms with van der Waals surface area (Å²) in [6.45, 7) is 4.38. The molecule has 1 aromatic carbocycles. The Morgan fingerprint density at radius 3 is 2.65 bits per heavy atom. The first-order valence-corrected chi connectivity index (χ1v) is 8.70. The van der Waals surface area contributed by atoms with Crippen LogP contribution in [0.5, 0.6) is 0 Å². The van der Waals surface area contributed by atoms with E-state index < -0.39 is 0 Å². The van der Waals surface area contributed by atoms with Crippen LogP contribution in [0.25, 0.3) is 0 Å². The van der Waals surface area contributed by atoms with Gasteiger partial charge in [0.05, 0.1) is 0 Å². The van der Waals surface area contributed by atoms with Gasteiger partial charge < -0.3 is 9.80 Å². The summed E-state index contributed by atoms with van der Waals surface area (Å²) in [5.41, 5.74) is 2.16. The van der Waals surface area contributed by atoms with Crippen LogP contribution in [-0.2, 0) is 9.59 Å². The third kappa shape index (κ3) is 2.87. The van der Waals surface area contributed by atoms with Crippen LogP contribution >= 0.6 is 0 Å². The topological polar surface area (TPSA) is 40.6 Å². The van der Waals surface area contributed by atoms with E-state index in [-0.39, 0.29) is 11.3 Å². The minimum atomic E-state index is -0.0266. The third-order valence-corrected chi connectivity index (χ3v) is 5.62. The Bertz CT molecular complexity index is 635. The summed E-state index contributed by atoms with van der Waals surface area (Å²) in [6, 6.07) is 8.15. The lowest BCUT2D eigenvalue weighted by Gasteiger charge is -2.24. The first-order chi connectivity index (χ1) is 11.0. The molecular weight excluding hydrogens is 288 g/mol. The van der Waals surface area contributed by atoms with Crippen LogP contribution in [0.4, 0.5) is 5.69 Å². The van der Waals surface area contributed by atoms with E-state index in [2.05, 4.69) is 6.92 Å². The fraction of sp³-hybridized carbons (Fsp3) is 0.579. The Balaban J connectivity index is 1.45. The maximum atomic E-state index is 12.5. The number of rotatable bonds is 3. The molecule has 1 atom stereocenters. The molecule has 4 heteroatoms. The molecule has 0 N–H and O–H groups in total. The molecular formula is C19H24N2O2. The molecule has 4 nitrogen and oxygen atoms in total. The first-order valence-electron chi connectivity index (χ1n) is 8.70. The molecule has 2 heterocycles. The van der Waals surface area contributed by atoms with Crippen molar-refractivity contribution in [3.8, 4) is 0 Å². The van der Waals surface area contributed by atoms with Crippen molar-refractivity contribution in [3.63, 3.8) is 0 Å². The van der Waals surface area contributed by atoms with E-state index in [4.69, 9.17) is 0 Å². The molecule has 4 rings (SSSR count). The maximum Gasteiger partial charge on any atom is 0.227 e. The Morgan fingerprint density at radius 2 is 1.96 bits per heavy atom. The van der Waals surface area contributed by atoms with Crippen molar-refractivity contribution >= 4 is 17.5 Å². The molecule has 23 heavy (non-hydrogen) atoms. The van der Waals surface area contributed by atoms with Gasteiger partial charge in [0, 0.05) is 43.6 Å². The van der Waals surface area contributed by atoms with Crippen LogP contribution in [0.1, 0.15) is 37.7 Å². The van der Waals surface area contributed by atoms with Gasteiger partial charge in [-0.05, 0) is 44.2 Å². The highest BCUT2D eigenvalue weighted by Crippen LogP contribution is 2.42. The lowest BCUT2D eigenvalue weighted by atomic mass is 9.86. The predicted octanol–water partition coefficient (Wildman–Crippen LogP) is 2.75. The van der Waals surface area contributed by atoms with Gasteiger partial charge in [-0.15, -0.1) is 0 Å². The molecule has 3 aliphatic rings. The molecule has 1 aliphatic carbocycles. The fourth-order valence-corrected chi connectivity index (χ4v) is 3.98. The summed E-state index contributed by atoms with van der Waals surface area (Å²) in [5.74, 6) is 1.13. The molecule has 0 aromatic heterocycles. The number of carbonyl (C=O) groups is 2. The minimum absolute atomic E-state index is 0.0266. The molecule has 2 amide bonds. The van der Waals surface area contributed by atoms with Crippen molar-refractivity contribution in [2.45, 2.75) is 39.0 Å². The van der Waals surface area contributed by atoms with E-state index in [0.29, 0.717) is 24.7 Å². The van der Waals surface area contributed by atoms with Gasteiger partial charge in [0.25, 0.3) is 0 Å². The van der Waals surface area contributed by atoms with Crippen molar-refractivity contribution < 1.29 is 9.59 Å². The number of likely N-dealkylation sites (tertiary alicyclic amines) is 1. The zero-order chi connectivity index (χ0) is 16.0. The van der Waals surface area contributed by atoms with E-state index in [1.165, 1.54) is 18.4 Å². The molecule has 1 spiro atoms. The van der Waals surface area contributed by atoms with Gasteiger partial charge in [0.1, 0.15) is 0 Å². The number of nitrogens with zero attached hydrogens (tertiary/aromatic N) is 2. The molecule has 0 bridgehead atoms. The van der Waals surface area contributed by atoms with Crippen LogP contribution in [0.15, 0.2) is 24.3 Å². The number of hydrogen-bond donors (Lipinski definition) is 0. The summed E-state index contributed by atoms with van der Waals surface area (Å²) in [7, 11) is 0. The van der Waals surface area contributed by atoms with Crippen LogP contribution in [-0.4, -0.2) is 36.3 Å². The fourth-order valence-electron chi connectivity index (χ4n) is 3.98. The average Bonchev–Trinajstić information content (AvgIpc) is 3.15. The van der Waals surface area contributed by atoms with Crippen LogP contribution in [0.2, 0.25) is 0 Å². The highest BCUT2D eigenvalue weighted by Gasteiger charge is 2.49. The Hall–Kier alpha value is -1.84. The molecule has 3 fully saturated rings. The Kier molecular flexibility index (Phi) is 3.43. The molecule has 2 aliphatic heterocycles. The minimum Gasteiger partial charge on any atom is -0.342 e. The number of anilines is 1. The van der Waals surface area contributed by atoms with E-state index >= 15 is 0 Å². The van der Waals surface area contributed by atoms with Crippen molar-refractivity contribution in [3.05, 3.63) is 29.8 Å². The second-order valence-electron chi connectivity index (χ2n) is 7.71. The standard InChI is InChI=1S/C19H24N2O2/c1-14-2-6-16(7-3-14)21-13-19(11-18(21)23)8-9-20(12-19)17(22)10-15-4-5-15/h2-3,6-7,15H,4-5,8-13H2,1H3/t19-/m1/s1. The van der Waals surface area contributed by atoms with Crippen LogP contribution in [0, 0.1) is 18.3 Å². The normalized spacial score (nSPS) is 27.3. The highest BCUT2D eigenvalue weighted by atomic mass is 16.2. The first kappa shape index (κ1) is 14.7. The third-order valence-electron chi connectivity index (χ3n) is 5.62. The number of aryl methyl sites for hydroxylation is 1. The number of hydrogen-bond acceptors (Lipinski definition) is 2. The summed E-state index contributed by atoms with van der Waals surface area (Å²) in [4.78, 5) is 28.8. The Morgan fingerprint density at radius 1 is 1.22 bits per heavy atom. The van der Waals surface area contributed by atoms with E-state index in [1.54, 1.807) is 0 Å². The highest BCUT2D eigenvalue weighted by molar-refractivity contribution is 5.96. The van der Waals surface area contributed by atoms with Crippen LogP contribution in [0.3, 0.4) is 0 Å². The summed E-state index contributed by atoms with van der Waals surface area (Å²) in [6.07, 6.45) is 4.67. The average molecular weight is 312 g/mol. The SMILES string of the molecule is Cc1ccc(N2C[C@]3(CCN(C(=O)CC4CC4)C3)CC2=O)cc1. The lowest BCUT2D eigenvalue weighted by molar-refractivity contribution is -0.131. The monoisotopic (exact) mass is 312 g/mol. The molecule has 122 valence electrons. The van der Waals surface area contributed by atoms with Gasteiger partial charge >= 0.3 is 0 Å². The smallest absolute Gasteiger partial charge is 0.227 e. The second kappa shape index (κ2) is 5.36. The predicted molar refractivity (Wildman–Crippen MR) is 89.1 cm³/mol. The molecule has 2 saturated heterocycles. The van der Waals surface area contributed by atoms with Gasteiger partial charge in [-0.3, -0.25) is 9.59 Å². The quantitative estimate of drug-likeness (QED) is 0.861. The zero-order valence-electron chi connectivity index (χ0n) is 13.8. The van der Waals surface area contributed by atoms with E-state index in [1.807, 2.05) is 34.1 Å². The van der Waals surface area contributed by atoms with Crippen molar-refractivity contribution in [1.29, 1.82) is 0 Å². The lowest BCUT2D eigenvalue weighted by Crippen LogP contribution is -2.34. The van der Waals surface area contributed by atoms with E-state index in [9.17, 15) is 9.59 Å². The molecule has 0 radical (unpaired) electrons. The van der Waals surface area contributed by atoms with Crippen molar-refractivity contribution in [2.75, 3.05) is 24.5 Å². The van der Waals surface area contributed by atoms with E-state index in [0.717, 1.165) is 31.7 Å². The number of amides is 2. The van der Waals surface area contributed by atoms with Crippen LogP contribution < -0.4 is 4.90 Å². The van der Waals surface area contributed by atoms with Gasteiger partial charge in [-0.25, -0.2) is 0 Å². The molecule has 1 saturated carbocycles. The summed E-state index contributed by atoms with van der Waals surface area (Å²) < 4.78 is 0. The number of carbonyl (C=O) groups excluding carboxylic acids is 2. The number of benzene rings is 1. The van der Waals surface area contributed by atoms with Crippen molar-refractivity contribution in [2.24, 2.45) is 11.3 Å². The second-order valence-corrected chi connectivity index (χ2v) is 7.71. The molecule has 0 unspecified atom stereocenters. The largest absolute Gasteiger partial charge is 0.342 e. The van der Waals surface area contributed by atoms with Gasteiger partial charge in [0.2, 0.25) is 11.8 Å². The van der Waals surface area contributed by atoms with Gasteiger partial charge in [-0.2, -0.15) is 0 Å². The summed E-state index contributed by atoms with van der Waals surface area (Å²) >= 11 is 0. The van der Waals surface area contributed by atoms with Gasteiger partial charge in [0.15, 0.2) is 0 Å². The maximum absolute atomic E-state index is 12.5. The summed E-state index contributed by atoms with van der Waals surface area (Å²) in [5, 5.41) is 0. The zero-order valence-corrected chi connectivity index (χ0v) is 13.8.